The van der Waals surface area contributed by atoms with Crippen molar-refractivity contribution in [3.63, 3.8) is 0 Å². The monoisotopic (exact) mass is 267 g/mol. The quantitative estimate of drug-likeness (QED) is 0.491. The zero-order valence-corrected chi connectivity index (χ0v) is 9.79. The smallest absolute Gasteiger partial charge is 0.174 e. The minimum Gasteiger partial charge on any atom is -0.394 e. The molecule has 1 fully saturated rings. The number of aromatic nitrogens is 4. The third kappa shape index (κ3) is 1.75. The van der Waals surface area contributed by atoms with E-state index in [1.165, 1.54) is 17.1 Å². The molecule has 0 aliphatic carbocycles. The molecule has 1 aliphatic rings. The Hall–Kier alpha value is -1.81. The number of aliphatic hydroxyl groups excluding tert-OH is 3. The van der Waals surface area contributed by atoms with Crippen LogP contribution in [0.15, 0.2) is 12.5 Å². The second-order valence-electron chi connectivity index (χ2n) is 4.34. The number of aliphatic hydroxyl groups is 3. The molecule has 1 saturated heterocycles. The number of nitrogens with zero attached hydrogens (tertiary/aromatic N) is 4. The maximum Gasteiger partial charge on any atom is 0.174 e. The number of nitrogens with two attached hydrogens (primary N) is 1. The molecule has 0 saturated carbocycles. The summed E-state index contributed by atoms with van der Waals surface area (Å²) in [5, 5.41) is 36.1. The van der Waals surface area contributed by atoms with E-state index in [1.54, 1.807) is 0 Å². The SMILES string of the molecule is Nc1nncc2c1ncn2C1OC(CO)C(O)[C@H]1O. The normalized spacial score (nSPS) is 31.1. The van der Waals surface area contributed by atoms with E-state index in [0.29, 0.717) is 11.0 Å². The molecule has 0 aromatic carbocycles. The van der Waals surface area contributed by atoms with Crippen LogP contribution in [0.1, 0.15) is 6.23 Å². The summed E-state index contributed by atoms with van der Waals surface area (Å²) in [6, 6.07) is 0. The van der Waals surface area contributed by atoms with E-state index in [-0.39, 0.29) is 12.4 Å². The highest BCUT2D eigenvalue weighted by molar-refractivity contribution is 5.83. The molecule has 9 heteroatoms. The van der Waals surface area contributed by atoms with Gasteiger partial charge in [0.1, 0.15) is 23.8 Å². The molecule has 0 bridgehead atoms. The highest BCUT2D eigenvalue weighted by Gasteiger charge is 2.43. The van der Waals surface area contributed by atoms with Crippen molar-refractivity contribution in [2.24, 2.45) is 0 Å². The number of imidazole rings is 1. The molecule has 0 radical (unpaired) electrons. The summed E-state index contributed by atoms with van der Waals surface area (Å²) in [6.45, 7) is -0.386. The predicted octanol–water partition coefficient (Wildman–Crippen LogP) is -1.98. The first kappa shape index (κ1) is 12.2. The topological polar surface area (TPSA) is 140 Å². The molecule has 0 amide bonds. The van der Waals surface area contributed by atoms with Crippen LogP contribution in [0.2, 0.25) is 0 Å². The Morgan fingerprint density at radius 2 is 2.16 bits per heavy atom. The third-order valence-corrected chi connectivity index (χ3v) is 3.21. The summed E-state index contributed by atoms with van der Waals surface area (Å²) < 4.78 is 6.92. The highest BCUT2D eigenvalue weighted by Crippen LogP contribution is 2.31. The van der Waals surface area contributed by atoms with Crippen molar-refractivity contribution in [3.8, 4) is 0 Å². The molecule has 2 aromatic heterocycles. The fourth-order valence-corrected chi connectivity index (χ4v) is 2.20. The van der Waals surface area contributed by atoms with Gasteiger partial charge < -0.3 is 25.8 Å². The van der Waals surface area contributed by atoms with Crippen LogP contribution in [0, 0.1) is 0 Å². The van der Waals surface area contributed by atoms with Gasteiger partial charge in [0.2, 0.25) is 0 Å². The molecule has 3 unspecified atom stereocenters. The van der Waals surface area contributed by atoms with Crippen molar-refractivity contribution < 1.29 is 20.1 Å². The lowest BCUT2D eigenvalue weighted by atomic mass is 10.1. The van der Waals surface area contributed by atoms with Crippen LogP contribution in [0.25, 0.3) is 11.0 Å². The van der Waals surface area contributed by atoms with Crippen LogP contribution in [-0.4, -0.2) is 60.0 Å². The van der Waals surface area contributed by atoms with Crippen molar-refractivity contribution in [2.45, 2.75) is 24.5 Å². The van der Waals surface area contributed by atoms with Crippen molar-refractivity contribution >= 4 is 16.9 Å². The summed E-state index contributed by atoms with van der Waals surface area (Å²) in [7, 11) is 0. The molecule has 3 rings (SSSR count). The molecule has 1 aliphatic heterocycles. The Kier molecular flexibility index (Phi) is 2.82. The lowest BCUT2D eigenvalue weighted by Crippen LogP contribution is -2.33. The van der Waals surface area contributed by atoms with E-state index in [1.807, 2.05) is 0 Å². The molecule has 9 nitrogen and oxygen atoms in total. The Morgan fingerprint density at radius 1 is 1.37 bits per heavy atom. The first-order valence-corrected chi connectivity index (χ1v) is 5.69. The van der Waals surface area contributed by atoms with Crippen LogP contribution in [0.3, 0.4) is 0 Å². The summed E-state index contributed by atoms with van der Waals surface area (Å²) in [5.74, 6) is 0.169. The summed E-state index contributed by atoms with van der Waals surface area (Å²) in [6.07, 6.45) is -1.19. The van der Waals surface area contributed by atoms with Gasteiger partial charge in [-0.15, -0.1) is 5.10 Å². The van der Waals surface area contributed by atoms with E-state index >= 15 is 0 Å². The molecule has 2 aromatic rings. The molecule has 19 heavy (non-hydrogen) atoms. The van der Waals surface area contributed by atoms with Gasteiger partial charge >= 0.3 is 0 Å². The van der Waals surface area contributed by atoms with E-state index in [4.69, 9.17) is 15.6 Å². The minimum atomic E-state index is -1.18. The molecule has 3 heterocycles. The zero-order valence-electron chi connectivity index (χ0n) is 9.79. The second kappa shape index (κ2) is 4.38. The van der Waals surface area contributed by atoms with Crippen molar-refractivity contribution in [2.75, 3.05) is 12.3 Å². The van der Waals surface area contributed by atoms with Gasteiger partial charge in [-0.3, -0.25) is 4.57 Å². The van der Waals surface area contributed by atoms with Gasteiger partial charge in [0.15, 0.2) is 12.0 Å². The average molecular weight is 267 g/mol. The van der Waals surface area contributed by atoms with Crippen LogP contribution < -0.4 is 5.73 Å². The molecular weight excluding hydrogens is 254 g/mol. The maximum absolute atomic E-state index is 9.96. The number of fused-ring (bicyclic) bond motifs is 1. The first-order valence-electron chi connectivity index (χ1n) is 5.69. The maximum atomic E-state index is 9.96. The number of rotatable bonds is 2. The van der Waals surface area contributed by atoms with Gasteiger partial charge in [-0.1, -0.05) is 0 Å². The van der Waals surface area contributed by atoms with Gasteiger partial charge in [0, 0.05) is 0 Å². The standard InChI is InChI=1S/C10H13N5O4/c11-9-6-4(1-13-14-9)15(3-12-6)10-8(18)7(17)5(2-16)19-10/h1,3,5,7-8,10,16-18H,2H2,(H2,11,14)/t5?,7?,8-,10?/m1/s1. The van der Waals surface area contributed by atoms with Gasteiger partial charge in [-0.25, -0.2) is 4.98 Å². The van der Waals surface area contributed by atoms with E-state index in [9.17, 15) is 10.2 Å². The largest absolute Gasteiger partial charge is 0.394 e. The average Bonchev–Trinajstić information content (AvgIpc) is 2.94. The number of anilines is 1. The molecule has 0 spiro atoms. The molecule has 102 valence electrons. The summed E-state index contributed by atoms with van der Waals surface area (Å²) >= 11 is 0. The third-order valence-electron chi connectivity index (χ3n) is 3.21. The summed E-state index contributed by atoms with van der Waals surface area (Å²) in [4.78, 5) is 4.07. The molecule has 4 atom stereocenters. The molecule has 5 N–H and O–H groups in total. The van der Waals surface area contributed by atoms with Gasteiger partial charge in [0.25, 0.3) is 0 Å². The van der Waals surface area contributed by atoms with E-state index < -0.39 is 24.5 Å². The Balaban J connectivity index is 2.04. The summed E-state index contributed by atoms with van der Waals surface area (Å²) in [5.41, 5.74) is 6.61. The van der Waals surface area contributed by atoms with Crippen molar-refractivity contribution in [3.05, 3.63) is 12.5 Å². The zero-order chi connectivity index (χ0) is 13.6. The lowest BCUT2D eigenvalue weighted by molar-refractivity contribution is -0.0509. The fourth-order valence-electron chi connectivity index (χ4n) is 2.20. The number of ether oxygens (including phenoxy) is 1. The minimum absolute atomic E-state index is 0.169. The predicted molar refractivity (Wildman–Crippen MR) is 62.7 cm³/mol. The van der Waals surface area contributed by atoms with Crippen molar-refractivity contribution in [1.82, 2.24) is 19.7 Å². The van der Waals surface area contributed by atoms with Crippen LogP contribution in [0.4, 0.5) is 5.82 Å². The van der Waals surface area contributed by atoms with Crippen LogP contribution in [0.5, 0.6) is 0 Å². The van der Waals surface area contributed by atoms with Crippen LogP contribution >= 0.6 is 0 Å². The second-order valence-corrected chi connectivity index (χ2v) is 4.34. The number of nitrogen functional groups attached to an aromatic ring is 1. The van der Waals surface area contributed by atoms with E-state index in [2.05, 4.69) is 15.2 Å². The van der Waals surface area contributed by atoms with Gasteiger partial charge in [0.05, 0.1) is 24.6 Å². The lowest BCUT2D eigenvalue weighted by Gasteiger charge is -2.16. The molecular formula is C10H13N5O4. The number of hydrogen-bond acceptors (Lipinski definition) is 8. The Bertz CT molecular complexity index is 603. The Labute approximate surface area is 107 Å². The van der Waals surface area contributed by atoms with Crippen LogP contribution in [-0.2, 0) is 4.74 Å². The highest BCUT2D eigenvalue weighted by atomic mass is 16.6. The number of hydrogen-bond donors (Lipinski definition) is 4. The van der Waals surface area contributed by atoms with E-state index in [0.717, 1.165) is 0 Å². The Morgan fingerprint density at radius 3 is 2.84 bits per heavy atom. The van der Waals surface area contributed by atoms with Gasteiger partial charge in [-0.05, 0) is 0 Å². The first-order chi connectivity index (χ1) is 9.13. The van der Waals surface area contributed by atoms with Gasteiger partial charge in [-0.2, -0.15) is 5.10 Å². The fraction of sp³-hybridized carbons (Fsp3) is 0.500. The van der Waals surface area contributed by atoms with Crippen molar-refractivity contribution in [1.29, 1.82) is 0 Å².